The molecule has 5 nitrogen and oxygen atoms in total. The summed E-state index contributed by atoms with van der Waals surface area (Å²) in [6.45, 7) is 1.51. The summed E-state index contributed by atoms with van der Waals surface area (Å²) >= 11 is 0. The van der Waals surface area contributed by atoms with Gasteiger partial charge in [-0.25, -0.2) is 4.79 Å². The van der Waals surface area contributed by atoms with E-state index in [-0.39, 0.29) is 5.63 Å². The van der Waals surface area contributed by atoms with Gasteiger partial charge in [0.25, 0.3) is 0 Å². The Morgan fingerprint density at radius 1 is 1.04 bits per heavy atom. The van der Waals surface area contributed by atoms with E-state index < -0.39 is 0 Å². The minimum atomic E-state index is -0.370. The fraction of sp³-hybridized carbons (Fsp3) is 0.250. The summed E-state index contributed by atoms with van der Waals surface area (Å²) in [5.74, 6) is 1.44. The van der Waals surface area contributed by atoms with Gasteiger partial charge in [-0.05, 0) is 55.9 Å². The lowest BCUT2D eigenvalue weighted by Gasteiger charge is -2.08. The van der Waals surface area contributed by atoms with Crippen LogP contribution in [0.4, 0.5) is 0 Å². The number of hydrogen-bond donors (Lipinski definition) is 1. The van der Waals surface area contributed by atoms with Gasteiger partial charge in [-0.1, -0.05) is 12.1 Å². The highest BCUT2D eigenvalue weighted by molar-refractivity contribution is 5.82. The molecule has 0 aliphatic carbocycles. The van der Waals surface area contributed by atoms with Gasteiger partial charge in [-0.15, -0.1) is 0 Å². The lowest BCUT2D eigenvalue weighted by Crippen LogP contribution is -2.11. The van der Waals surface area contributed by atoms with Crippen molar-refractivity contribution in [1.82, 2.24) is 5.32 Å². The van der Waals surface area contributed by atoms with Crippen LogP contribution in [-0.2, 0) is 0 Å². The van der Waals surface area contributed by atoms with E-state index in [1.807, 2.05) is 49.5 Å². The average molecular weight is 339 g/mol. The molecule has 25 heavy (non-hydrogen) atoms. The smallest absolute Gasteiger partial charge is 0.344 e. The van der Waals surface area contributed by atoms with Gasteiger partial charge in [-0.2, -0.15) is 0 Å². The van der Waals surface area contributed by atoms with Crippen LogP contribution in [0.15, 0.2) is 57.7 Å². The lowest BCUT2D eigenvalue weighted by molar-refractivity contribution is 0.309. The molecule has 0 unspecified atom stereocenters. The first-order valence-electron chi connectivity index (χ1n) is 8.21. The topological polar surface area (TPSA) is 60.7 Å². The van der Waals surface area contributed by atoms with Crippen LogP contribution >= 0.6 is 0 Å². The third kappa shape index (κ3) is 4.00. The van der Waals surface area contributed by atoms with Crippen LogP contribution in [0, 0.1) is 0 Å². The van der Waals surface area contributed by atoms with Crippen LogP contribution in [0.25, 0.3) is 22.1 Å². The molecule has 0 saturated carbocycles. The molecule has 3 aromatic rings. The van der Waals surface area contributed by atoms with Crippen molar-refractivity contribution < 1.29 is 13.9 Å². The van der Waals surface area contributed by atoms with Gasteiger partial charge in [0.15, 0.2) is 0 Å². The second-order valence-corrected chi connectivity index (χ2v) is 5.68. The van der Waals surface area contributed by atoms with Crippen molar-refractivity contribution in [3.63, 3.8) is 0 Å². The molecule has 0 fully saturated rings. The molecule has 0 bridgehead atoms. The predicted molar refractivity (Wildman–Crippen MR) is 98.5 cm³/mol. The third-order valence-electron chi connectivity index (χ3n) is 3.95. The van der Waals surface area contributed by atoms with Gasteiger partial charge in [0.05, 0.1) is 19.3 Å². The molecule has 0 amide bonds. The number of ether oxygens (including phenoxy) is 2. The van der Waals surface area contributed by atoms with E-state index in [1.54, 1.807) is 13.2 Å². The van der Waals surface area contributed by atoms with E-state index in [9.17, 15) is 4.79 Å². The predicted octanol–water partition coefficient (Wildman–Crippen LogP) is 3.46. The number of rotatable bonds is 7. The van der Waals surface area contributed by atoms with Crippen molar-refractivity contribution in [2.75, 3.05) is 27.3 Å². The minimum absolute atomic E-state index is 0.370. The summed E-state index contributed by atoms with van der Waals surface area (Å²) in [6.07, 6.45) is 0.912. The van der Waals surface area contributed by atoms with Gasteiger partial charge in [0.2, 0.25) is 0 Å². The lowest BCUT2D eigenvalue weighted by atomic mass is 10.1. The molecule has 2 aromatic carbocycles. The summed E-state index contributed by atoms with van der Waals surface area (Å²) in [6, 6.07) is 14.7. The zero-order valence-corrected chi connectivity index (χ0v) is 14.4. The molecule has 1 heterocycles. The first kappa shape index (κ1) is 17.0. The van der Waals surface area contributed by atoms with Crippen LogP contribution in [0.3, 0.4) is 0 Å². The molecule has 0 aliphatic heterocycles. The van der Waals surface area contributed by atoms with E-state index >= 15 is 0 Å². The summed E-state index contributed by atoms with van der Waals surface area (Å²) in [5, 5.41) is 3.93. The fourth-order valence-corrected chi connectivity index (χ4v) is 2.59. The third-order valence-corrected chi connectivity index (χ3v) is 3.95. The van der Waals surface area contributed by atoms with Crippen LogP contribution in [-0.4, -0.2) is 27.3 Å². The molecule has 0 radical (unpaired) electrons. The van der Waals surface area contributed by atoms with Crippen molar-refractivity contribution in [2.24, 2.45) is 0 Å². The number of benzene rings is 2. The maximum Gasteiger partial charge on any atom is 0.344 e. The first-order valence-corrected chi connectivity index (χ1v) is 8.21. The Hall–Kier alpha value is -2.79. The van der Waals surface area contributed by atoms with E-state index in [2.05, 4.69) is 5.32 Å². The molecule has 0 spiro atoms. The normalized spacial score (nSPS) is 10.8. The zero-order valence-electron chi connectivity index (χ0n) is 14.4. The molecule has 3 rings (SSSR count). The van der Waals surface area contributed by atoms with Gasteiger partial charge in [0, 0.05) is 11.5 Å². The second kappa shape index (κ2) is 7.85. The standard InChI is InChI=1S/C20H21NO4/c1-21-10-3-11-24-17-9-6-15-12-18(20(22)25-19(15)13-17)14-4-7-16(23-2)8-5-14/h4-9,12-13,21H,3,10-11H2,1-2H3. The molecular weight excluding hydrogens is 318 g/mol. The molecule has 1 N–H and O–H groups in total. The average Bonchev–Trinajstić information content (AvgIpc) is 2.65. The zero-order chi connectivity index (χ0) is 17.6. The number of methoxy groups -OCH3 is 1. The monoisotopic (exact) mass is 339 g/mol. The van der Waals surface area contributed by atoms with E-state index in [4.69, 9.17) is 13.9 Å². The summed E-state index contributed by atoms with van der Waals surface area (Å²) in [4.78, 5) is 12.4. The highest BCUT2D eigenvalue weighted by atomic mass is 16.5. The number of nitrogens with one attached hydrogen (secondary N) is 1. The number of fused-ring (bicyclic) bond motifs is 1. The summed E-state index contributed by atoms with van der Waals surface area (Å²) in [7, 11) is 3.52. The van der Waals surface area contributed by atoms with Crippen LogP contribution in [0.2, 0.25) is 0 Å². The molecule has 5 heteroatoms. The molecule has 0 aliphatic rings. The Morgan fingerprint density at radius 3 is 2.52 bits per heavy atom. The van der Waals surface area contributed by atoms with E-state index in [1.165, 1.54) is 0 Å². The summed E-state index contributed by atoms with van der Waals surface area (Å²) < 4.78 is 16.3. The molecule has 0 atom stereocenters. The van der Waals surface area contributed by atoms with Crippen LogP contribution in [0.1, 0.15) is 6.42 Å². The van der Waals surface area contributed by atoms with Crippen molar-refractivity contribution in [3.05, 3.63) is 59.0 Å². The van der Waals surface area contributed by atoms with Crippen molar-refractivity contribution in [2.45, 2.75) is 6.42 Å². The Labute approximate surface area is 146 Å². The molecule has 0 saturated heterocycles. The maximum absolute atomic E-state index is 12.4. The Kier molecular flexibility index (Phi) is 5.36. The largest absolute Gasteiger partial charge is 0.497 e. The Balaban J connectivity index is 1.87. The highest BCUT2D eigenvalue weighted by Crippen LogP contribution is 2.25. The Morgan fingerprint density at radius 2 is 1.80 bits per heavy atom. The second-order valence-electron chi connectivity index (χ2n) is 5.68. The van der Waals surface area contributed by atoms with Crippen LogP contribution < -0.4 is 20.4 Å². The van der Waals surface area contributed by atoms with Crippen molar-refractivity contribution in [1.29, 1.82) is 0 Å². The van der Waals surface area contributed by atoms with Gasteiger partial charge < -0.3 is 19.2 Å². The summed E-state index contributed by atoms with van der Waals surface area (Å²) in [5.41, 5.74) is 1.47. The highest BCUT2D eigenvalue weighted by Gasteiger charge is 2.09. The molecular formula is C20H21NO4. The maximum atomic E-state index is 12.4. The minimum Gasteiger partial charge on any atom is -0.497 e. The van der Waals surface area contributed by atoms with Crippen molar-refractivity contribution in [3.8, 4) is 22.6 Å². The molecule has 1 aromatic heterocycles. The SMILES string of the molecule is CNCCCOc1ccc2cc(-c3ccc(OC)cc3)c(=O)oc2c1. The fourth-order valence-electron chi connectivity index (χ4n) is 2.59. The number of hydrogen-bond acceptors (Lipinski definition) is 5. The van der Waals surface area contributed by atoms with E-state index in [0.29, 0.717) is 23.5 Å². The van der Waals surface area contributed by atoms with Crippen molar-refractivity contribution >= 4 is 11.0 Å². The van der Waals surface area contributed by atoms with Crippen LogP contribution in [0.5, 0.6) is 11.5 Å². The van der Waals surface area contributed by atoms with Gasteiger partial charge in [-0.3, -0.25) is 0 Å². The van der Waals surface area contributed by atoms with Gasteiger partial charge in [0.1, 0.15) is 17.1 Å². The van der Waals surface area contributed by atoms with E-state index in [0.717, 1.165) is 29.7 Å². The van der Waals surface area contributed by atoms with Gasteiger partial charge >= 0.3 is 5.63 Å². The first-order chi connectivity index (χ1) is 12.2. The quantitative estimate of drug-likeness (QED) is 0.528. The molecule has 130 valence electrons. The Bertz CT molecular complexity index is 900.